The van der Waals surface area contributed by atoms with E-state index in [2.05, 4.69) is 31.1 Å². The third kappa shape index (κ3) is 4.86. The van der Waals surface area contributed by atoms with E-state index in [-0.39, 0.29) is 17.9 Å². The van der Waals surface area contributed by atoms with E-state index in [0.717, 1.165) is 11.3 Å². The van der Waals surface area contributed by atoms with Crippen molar-refractivity contribution >= 4 is 17.6 Å². The molecule has 0 bridgehead atoms. The van der Waals surface area contributed by atoms with Gasteiger partial charge in [-0.1, -0.05) is 23.4 Å². The molecule has 2 heterocycles. The topological polar surface area (TPSA) is 114 Å². The van der Waals surface area contributed by atoms with Crippen LogP contribution in [0.15, 0.2) is 33.8 Å². The molecule has 150 valence electrons. The number of amides is 1. The highest BCUT2D eigenvalue weighted by molar-refractivity contribution is 5.94. The number of rotatable bonds is 7. The first kappa shape index (κ1) is 19.8. The summed E-state index contributed by atoms with van der Waals surface area (Å²) in [6.07, 6.45) is 0.223. The van der Waals surface area contributed by atoms with E-state index in [1.54, 1.807) is 7.05 Å². The molecule has 2 unspecified atom stereocenters. The van der Waals surface area contributed by atoms with E-state index < -0.39 is 0 Å². The van der Waals surface area contributed by atoms with Crippen LogP contribution in [0, 0.1) is 0 Å². The summed E-state index contributed by atoms with van der Waals surface area (Å²) in [5.41, 5.74) is 1.99. The molecule has 0 fully saturated rings. The molecule has 0 radical (unpaired) electrons. The Morgan fingerprint density at radius 2 is 2.25 bits per heavy atom. The fourth-order valence-corrected chi connectivity index (χ4v) is 3.11. The van der Waals surface area contributed by atoms with Gasteiger partial charge in [0.15, 0.2) is 11.8 Å². The molecule has 0 saturated heterocycles. The maximum atomic E-state index is 11.9. The minimum absolute atomic E-state index is 0.0234. The molecule has 3 rings (SSSR count). The largest absolute Gasteiger partial charge is 0.371 e. The van der Waals surface area contributed by atoms with Gasteiger partial charge in [0, 0.05) is 38.2 Å². The number of para-hydroxylation sites is 1. The molecule has 0 aliphatic carbocycles. The van der Waals surface area contributed by atoms with Crippen LogP contribution in [0.2, 0.25) is 0 Å². The molecule has 9 nitrogen and oxygen atoms in total. The van der Waals surface area contributed by atoms with Gasteiger partial charge in [-0.05, 0) is 25.5 Å². The van der Waals surface area contributed by atoms with Crippen molar-refractivity contribution in [2.24, 2.45) is 4.99 Å². The van der Waals surface area contributed by atoms with E-state index in [4.69, 9.17) is 9.26 Å². The van der Waals surface area contributed by atoms with Crippen molar-refractivity contribution in [3.63, 3.8) is 0 Å². The quantitative estimate of drug-likeness (QED) is 0.492. The molecule has 2 aromatic rings. The van der Waals surface area contributed by atoms with Crippen LogP contribution in [0.25, 0.3) is 0 Å². The third-order valence-corrected chi connectivity index (χ3v) is 4.52. The Labute approximate surface area is 164 Å². The summed E-state index contributed by atoms with van der Waals surface area (Å²) in [5.74, 6) is 1.67. The second-order valence-electron chi connectivity index (χ2n) is 6.49. The van der Waals surface area contributed by atoms with Crippen LogP contribution in [-0.4, -0.2) is 42.2 Å². The Morgan fingerprint density at radius 1 is 1.43 bits per heavy atom. The number of hydrogen-bond donors (Lipinski definition) is 3. The molecule has 0 spiro atoms. The lowest BCUT2D eigenvalue weighted by Crippen LogP contribution is -2.40. The minimum atomic E-state index is -0.211. The highest BCUT2D eigenvalue weighted by Gasteiger charge is 2.24. The summed E-state index contributed by atoms with van der Waals surface area (Å²) in [5, 5.41) is 13.3. The lowest BCUT2D eigenvalue weighted by molar-refractivity contribution is -0.116. The predicted molar refractivity (Wildman–Crippen MR) is 105 cm³/mol. The van der Waals surface area contributed by atoms with Crippen LogP contribution in [0.5, 0.6) is 0 Å². The van der Waals surface area contributed by atoms with E-state index >= 15 is 0 Å². The minimum Gasteiger partial charge on any atom is -0.371 e. The molecule has 0 saturated carbocycles. The summed E-state index contributed by atoms with van der Waals surface area (Å²) in [6.45, 7) is 5.31. The van der Waals surface area contributed by atoms with E-state index in [1.807, 2.05) is 38.1 Å². The predicted octanol–water partition coefficient (Wildman–Crippen LogP) is 1.96. The number of hydrogen-bond acceptors (Lipinski definition) is 6. The van der Waals surface area contributed by atoms with Crippen LogP contribution in [0.1, 0.15) is 49.6 Å². The Morgan fingerprint density at radius 3 is 3.04 bits per heavy atom. The second kappa shape index (κ2) is 9.32. The maximum Gasteiger partial charge on any atom is 0.246 e. The number of nitrogens with zero attached hydrogens (tertiary/aromatic N) is 3. The SMILES string of the molecule is CCOC(C)c1noc(CNC(=NC)NCC2CC(=O)Nc3ccccc32)n1. The van der Waals surface area contributed by atoms with Crippen molar-refractivity contribution in [2.45, 2.75) is 38.8 Å². The number of guanidine groups is 1. The maximum absolute atomic E-state index is 11.9. The van der Waals surface area contributed by atoms with Crippen molar-refractivity contribution in [3.8, 4) is 0 Å². The summed E-state index contributed by atoms with van der Waals surface area (Å²) >= 11 is 0. The van der Waals surface area contributed by atoms with E-state index in [1.165, 1.54) is 0 Å². The standard InChI is InChI=1S/C19H26N6O3/c1-4-27-12(2)18-24-17(28-25-18)11-22-19(20-3)21-10-13-9-16(26)23-15-8-6-5-7-14(13)15/h5-8,12-13H,4,9-11H2,1-3H3,(H,23,26)(H2,20,21,22). The van der Waals surface area contributed by atoms with Crippen LogP contribution >= 0.6 is 0 Å². The van der Waals surface area contributed by atoms with Crippen molar-refractivity contribution in [2.75, 3.05) is 25.5 Å². The third-order valence-electron chi connectivity index (χ3n) is 4.52. The van der Waals surface area contributed by atoms with Gasteiger partial charge in [-0.15, -0.1) is 0 Å². The van der Waals surface area contributed by atoms with Crippen LogP contribution < -0.4 is 16.0 Å². The highest BCUT2D eigenvalue weighted by atomic mass is 16.5. The molecule has 1 amide bonds. The van der Waals surface area contributed by atoms with Gasteiger partial charge in [-0.3, -0.25) is 9.79 Å². The fraction of sp³-hybridized carbons (Fsp3) is 0.474. The zero-order chi connectivity index (χ0) is 19.9. The van der Waals surface area contributed by atoms with Gasteiger partial charge in [-0.25, -0.2) is 0 Å². The summed E-state index contributed by atoms with van der Waals surface area (Å²) in [4.78, 5) is 20.5. The summed E-state index contributed by atoms with van der Waals surface area (Å²) < 4.78 is 10.7. The normalized spacial score (nSPS) is 17.6. The Bertz CT molecular complexity index is 835. The van der Waals surface area contributed by atoms with Gasteiger partial charge < -0.3 is 25.2 Å². The monoisotopic (exact) mass is 386 g/mol. The molecule has 1 aliphatic heterocycles. The molecule has 2 atom stereocenters. The molecule has 9 heteroatoms. The second-order valence-corrected chi connectivity index (χ2v) is 6.49. The smallest absolute Gasteiger partial charge is 0.246 e. The van der Waals surface area contributed by atoms with Crippen molar-refractivity contribution in [1.29, 1.82) is 0 Å². The number of aliphatic imine (C=N–C) groups is 1. The Hall–Kier alpha value is -2.94. The van der Waals surface area contributed by atoms with E-state index in [0.29, 0.717) is 43.8 Å². The molecule has 3 N–H and O–H groups in total. The number of fused-ring (bicyclic) bond motifs is 1. The molecule has 1 aromatic heterocycles. The Kier molecular flexibility index (Phi) is 6.59. The molecule has 28 heavy (non-hydrogen) atoms. The number of ether oxygens (including phenoxy) is 1. The Balaban J connectivity index is 1.54. The highest BCUT2D eigenvalue weighted by Crippen LogP contribution is 2.31. The molecular weight excluding hydrogens is 360 g/mol. The average Bonchev–Trinajstić information content (AvgIpc) is 3.17. The number of aromatic nitrogens is 2. The number of carbonyl (C=O) groups is 1. The molecular formula is C19H26N6O3. The lowest BCUT2D eigenvalue weighted by atomic mass is 9.90. The van der Waals surface area contributed by atoms with Gasteiger partial charge in [-0.2, -0.15) is 4.98 Å². The number of carbonyl (C=O) groups excluding carboxylic acids is 1. The van der Waals surface area contributed by atoms with Gasteiger partial charge in [0.25, 0.3) is 0 Å². The average molecular weight is 386 g/mol. The van der Waals surface area contributed by atoms with Gasteiger partial charge in [0.2, 0.25) is 11.8 Å². The van der Waals surface area contributed by atoms with Gasteiger partial charge in [0.05, 0.1) is 6.54 Å². The van der Waals surface area contributed by atoms with Crippen LogP contribution in [-0.2, 0) is 16.1 Å². The molecule has 1 aromatic carbocycles. The van der Waals surface area contributed by atoms with Crippen molar-refractivity contribution < 1.29 is 14.1 Å². The zero-order valence-corrected chi connectivity index (χ0v) is 16.4. The lowest BCUT2D eigenvalue weighted by Gasteiger charge is -2.26. The van der Waals surface area contributed by atoms with Crippen molar-refractivity contribution in [3.05, 3.63) is 41.5 Å². The number of anilines is 1. The first-order valence-corrected chi connectivity index (χ1v) is 9.38. The zero-order valence-electron chi connectivity index (χ0n) is 16.4. The van der Waals surface area contributed by atoms with Gasteiger partial charge >= 0.3 is 0 Å². The first-order chi connectivity index (χ1) is 13.6. The van der Waals surface area contributed by atoms with Crippen molar-refractivity contribution in [1.82, 2.24) is 20.8 Å². The summed E-state index contributed by atoms with van der Waals surface area (Å²) in [7, 11) is 1.69. The van der Waals surface area contributed by atoms with Crippen LogP contribution in [0.4, 0.5) is 5.69 Å². The fourth-order valence-electron chi connectivity index (χ4n) is 3.11. The summed E-state index contributed by atoms with van der Waals surface area (Å²) in [6, 6.07) is 7.85. The van der Waals surface area contributed by atoms with Crippen LogP contribution in [0.3, 0.4) is 0 Å². The molecule has 1 aliphatic rings. The number of benzene rings is 1. The van der Waals surface area contributed by atoms with Gasteiger partial charge in [0.1, 0.15) is 6.10 Å². The van der Waals surface area contributed by atoms with E-state index in [9.17, 15) is 4.79 Å². The first-order valence-electron chi connectivity index (χ1n) is 9.38. The number of nitrogens with one attached hydrogen (secondary N) is 3.